The standard InChI is InChI=1S/C10H13ClN4/c1-6-4-7(11)9(5-8(6)12)15-10-13-2-3-14-10/h4-5H,2-3,12H2,1H3,(H2,13,14,15). The van der Waals surface area contributed by atoms with Crippen LogP contribution < -0.4 is 16.4 Å². The molecule has 0 unspecified atom stereocenters. The average Bonchev–Trinajstić information content (AvgIpc) is 2.67. The van der Waals surface area contributed by atoms with Crippen molar-refractivity contribution in [3.63, 3.8) is 0 Å². The molecule has 0 amide bonds. The number of aliphatic imine (C=N–C) groups is 1. The van der Waals surface area contributed by atoms with Crippen molar-refractivity contribution in [1.82, 2.24) is 10.6 Å². The molecule has 0 bridgehead atoms. The zero-order valence-electron chi connectivity index (χ0n) is 8.47. The second kappa shape index (κ2) is 3.98. The number of nitrogens with one attached hydrogen (secondary N) is 2. The lowest BCUT2D eigenvalue weighted by atomic mass is 10.2. The lowest BCUT2D eigenvalue weighted by Crippen LogP contribution is -2.23. The predicted octanol–water partition coefficient (Wildman–Crippen LogP) is 1.41. The molecular formula is C10H13ClN4. The van der Waals surface area contributed by atoms with Gasteiger partial charge in [0.25, 0.3) is 0 Å². The fraction of sp³-hybridized carbons (Fsp3) is 0.300. The Hall–Kier alpha value is -1.42. The number of aryl methyl sites for hydroxylation is 1. The van der Waals surface area contributed by atoms with Crippen LogP contribution in [0.1, 0.15) is 5.56 Å². The van der Waals surface area contributed by atoms with Crippen LogP contribution in [-0.4, -0.2) is 19.0 Å². The first-order valence-electron chi connectivity index (χ1n) is 4.79. The molecule has 1 aliphatic rings. The van der Waals surface area contributed by atoms with Crippen molar-refractivity contribution in [2.75, 3.05) is 18.8 Å². The van der Waals surface area contributed by atoms with Gasteiger partial charge in [-0.15, -0.1) is 0 Å². The van der Waals surface area contributed by atoms with Gasteiger partial charge in [0.15, 0.2) is 5.96 Å². The van der Waals surface area contributed by atoms with Crippen LogP contribution in [0.5, 0.6) is 0 Å². The number of hydrogen-bond donors (Lipinski definition) is 3. The Morgan fingerprint density at radius 2 is 2.00 bits per heavy atom. The second-order valence-electron chi connectivity index (χ2n) is 3.47. The van der Waals surface area contributed by atoms with E-state index in [0.29, 0.717) is 16.4 Å². The van der Waals surface area contributed by atoms with Crippen molar-refractivity contribution in [2.24, 2.45) is 4.99 Å². The van der Waals surface area contributed by atoms with E-state index in [2.05, 4.69) is 15.6 Å². The summed E-state index contributed by atoms with van der Waals surface area (Å²) in [6.07, 6.45) is 0. The third-order valence-corrected chi connectivity index (χ3v) is 2.58. The first kappa shape index (κ1) is 10.1. The molecule has 4 N–H and O–H groups in total. The number of nitrogen functional groups attached to an aromatic ring is 1. The lowest BCUT2D eigenvalue weighted by Gasteiger charge is -2.05. The molecule has 0 atom stereocenters. The van der Waals surface area contributed by atoms with E-state index in [0.717, 1.165) is 24.6 Å². The molecule has 4 nitrogen and oxygen atoms in total. The van der Waals surface area contributed by atoms with Gasteiger partial charge in [-0.25, -0.2) is 4.99 Å². The van der Waals surface area contributed by atoms with Gasteiger partial charge in [0.05, 0.1) is 10.7 Å². The molecule has 1 aromatic rings. The maximum Gasteiger partial charge on any atom is 0.196 e. The number of nitrogens with two attached hydrogens (primary N) is 1. The van der Waals surface area contributed by atoms with Gasteiger partial charge in [0.2, 0.25) is 0 Å². The van der Waals surface area contributed by atoms with Crippen LogP contribution in [0, 0.1) is 6.92 Å². The Labute approximate surface area is 93.5 Å². The van der Waals surface area contributed by atoms with Crippen molar-refractivity contribution in [2.45, 2.75) is 6.92 Å². The van der Waals surface area contributed by atoms with Gasteiger partial charge >= 0.3 is 0 Å². The molecule has 0 aliphatic carbocycles. The predicted molar refractivity (Wildman–Crippen MR) is 63.7 cm³/mol. The molecular weight excluding hydrogens is 212 g/mol. The zero-order chi connectivity index (χ0) is 10.8. The smallest absolute Gasteiger partial charge is 0.196 e. The Bertz CT molecular complexity index is 406. The monoisotopic (exact) mass is 224 g/mol. The average molecular weight is 225 g/mol. The molecule has 15 heavy (non-hydrogen) atoms. The van der Waals surface area contributed by atoms with Gasteiger partial charge in [-0.1, -0.05) is 11.6 Å². The molecule has 1 saturated heterocycles. The van der Waals surface area contributed by atoms with Crippen LogP contribution in [0.2, 0.25) is 5.02 Å². The largest absolute Gasteiger partial charge is 0.398 e. The second-order valence-corrected chi connectivity index (χ2v) is 3.88. The van der Waals surface area contributed by atoms with Crippen LogP contribution in [0.15, 0.2) is 17.1 Å². The van der Waals surface area contributed by atoms with Gasteiger partial charge in [-0.2, -0.15) is 0 Å². The Morgan fingerprint density at radius 3 is 2.67 bits per heavy atom. The molecule has 1 fully saturated rings. The minimum atomic E-state index is 0.615. The molecule has 5 heteroatoms. The summed E-state index contributed by atoms with van der Waals surface area (Å²) in [6.45, 7) is 3.69. The molecule has 80 valence electrons. The molecule has 1 heterocycles. The summed E-state index contributed by atoms with van der Waals surface area (Å²) < 4.78 is 0. The Balaban J connectivity index is 2.35. The Kier molecular flexibility index (Phi) is 2.68. The van der Waals surface area contributed by atoms with Crippen molar-refractivity contribution in [1.29, 1.82) is 0 Å². The van der Waals surface area contributed by atoms with Gasteiger partial charge in [0, 0.05) is 18.8 Å². The van der Waals surface area contributed by atoms with Crippen molar-refractivity contribution < 1.29 is 0 Å². The third kappa shape index (κ3) is 2.15. The van der Waals surface area contributed by atoms with Gasteiger partial charge in [0.1, 0.15) is 0 Å². The molecule has 1 aromatic carbocycles. The quantitative estimate of drug-likeness (QED) is 0.632. The number of nitrogens with zero attached hydrogens (tertiary/aromatic N) is 1. The van der Waals surface area contributed by atoms with Crippen molar-refractivity contribution in [3.05, 3.63) is 22.7 Å². The molecule has 1 aliphatic heterocycles. The minimum Gasteiger partial charge on any atom is -0.398 e. The van der Waals surface area contributed by atoms with Crippen molar-refractivity contribution >= 4 is 28.9 Å². The number of anilines is 1. The van der Waals surface area contributed by atoms with E-state index in [9.17, 15) is 0 Å². The zero-order valence-corrected chi connectivity index (χ0v) is 9.23. The molecule has 0 radical (unpaired) electrons. The molecule has 0 aromatic heterocycles. The van der Waals surface area contributed by atoms with Crippen LogP contribution in [0.4, 0.5) is 11.4 Å². The van der Waals surface area contributed by atoms with E-state index in [1.54, 1.807) is 6.07 Å². The van der Waals surface area contributed by atoms with E-state index in [-0.39, 0.29) is 0 Å². The highest BCUT2D eigenvalue weighted by Gasteiger charge is 2.08. The highest BCUT2D eigenvalue weighted by Crippen LogP contribution is 2.29. The van der Waals surface area contributed by atoms with E-state index in [1.807, 2.05) is 13.0 Å². The maximum absolute atomic E-state index is 6.06. The topological polar surface area (TPSA) is 62.4 Å². The number of benzene rings is 1. The normalized spacial score (nSPS) is 14.7. The van der Waals surface area contributed by atoms with Gasteiger partial charge in [-0.3, -0.25) is 0 Å². The first-order valence-corrected chi connectivity index (χ1v) is 5.16. The molecule has 0 saturated carbocycles. The molecule has 0 spiro atoms. The highest BCUT2D eigenvalue weighted by molar-refractivity contribution is 6.33. The van der Waals surface area contributed by atoms with E-state index >= 15 is 0 Å². The van der Waals surface area contributed by atoms with Crippen LogP contribution in [-0.2, 0) is 0 Å². The maximum atomic E-state index is 6.06. The van der Waals surface area contributed by atoms with E-state index < -0.39 is 0 Å². The molecule has 2 rings (SSSR count). The third-order valence-electron chi connectivity index (χ3n) is 2.28. The lowest BCUT2D eigenvalue weighted by molar-refractivity contribution is 0.942. The number of rotatable bonds is 1. The van der Waals surface area contributed by atoms with Crippen LogP contribution >= 0.6 is 11.6 Å². The summed E-state index contributed by atoms with van der Waals surface area (Å²) >= 11 is 6.06. The van der Waals surface area contributed by atoms with E-state index in [1.165, 1.54) is 0 Å². The van der Waals surface area contributed by atoms with Crippen molar-refractivity contribution in [3.8, 4) is 0 Å². The summed E-state index contributed by atoms with van der Waals surface area (Å²) in [5.41, 5.74) is 8.16. The van der Waals surface area contributed by atoms with Crippen LogP contribution in [0.3, 0.4) is 0 Å². The Morgan fingerprint density at radius 1 is 1.33 bits per heavy atom. The summed E-state index contributed by atoms with van der Waals surface area (Å²) in [5, 5.41) is 6.83. The fourth-order valence-electron chi connectivity index (χ4n) is 1.39. The van der Waals surface area contributed by atoms with Crippen LogP contribution in [0.25, 0.3) is 0 Å². The first-order chi connectivity index (χ1) is 7.16. The summed E-state index contributed by atoms with van der Waals surface area (Å²) in [4.78, 5) is 4.34. The number of halogens is 1. The van der Waals surface area contributed by atoms with Gasteiger partial charge in [-0.05, 0) is 24.6 Å². The SMILES string of the molecule is Cc1cc(Cl)c(N=C2NCCN2)cc1N. The summed E-state index contributed by atoms with van der Waals surface area (Å²) in [6, 6.07) is 3.61. The summed E-state index contributed by atoms with van der Waals surface area (Å²) in [7, 11) is 0. The minimum absolute atomic E-state index is 0.615. The fourth-order valence-corrected chi connectivity index (χ4v) is 1.65. The number of guanidine groups is 1. The number of hydrogen-bond acceptors (Lipinski definition) is 2. The highest BCUT2D eigenvalue weighted by atomic mass is 35.5. The summed E-state index contributed by atoms with van der Waals surface area (Å²) in [5.74, 6) is 0.750. The van der Waals surface area contributed by atoms with Gasteiger partial charge < -0.3 is 16.4 Å². The van der Waals surface area contributed by atoms with E-state index in [4.69, 9.17) is 17.3 Å².